The van der Waals surface area contributed by atoms with Crippen LogP contribution in [0.5, 0.6) is 11.5 Å². The molecular weight excluding hydrogens is 490 g/mol. The first-order valence-corrected chi connectivity index (χ1v) is 12.0. The van der Waals surface area contributed by atoms with Gasteiger partial charge in [-0.25, -0.2) is 4.39 Å². The highest BCUT2D eigenvalue weighted by atomic mass is 19.4. The minimum Gasteiger partial charge on any atom is -0.497 e. The zero-order chi connectivity index (χ0) is 26.2. The molecule has 196 valence electrons. The van der Waals surface area contributed by atoms with E-state index in [0.29, 0.717) is 53.4 Å². The van der Waals surface area contributed by atoms with Crippen LogP contribution in [0.15, 0.2) is 48.8 Å². The molecule has 6 nitrogen and oxygen atoms in total. The molecule has 1 unspecified atom stereocenters. The van der Waals surface area contributed by atoms with E-state index < -0.39 is 17.6 Å². The van der Waals surface area contributed by atoms with Gasteiger partial charge in [0.2, 0.25) is 0 Å². The number of alkyl halides is 3. The second kappa shape index (κ2) is 10.2. The highest BCUT2D eigenvalue weighted by molar-refractivity contribution is 5.92. The number of benzene rings is 2. The number of piperidine rings is 1. The largest absolute Gasteiger partial charge is 0.497 e. The molecule has 2 aliphatic heterocycles. The lowest BCUT2D eigenvalue weighted by molar-refractivity contribution is -0.137. The third-order valence-corrected chi connectivity index (χ3v) is 6.87. The molecule has 3 aromatic rings. The second-order valence-electron chi connectivity index (χ2n) is 9.08. The number of nitrogens with zero attached hydrogens (tertiary/aromatic N) is 2. The van der Waals surface area contributed by atoms with Gasteiger partial charge >= 0.3 is 6.18 Å². The van der Waals surface area contributed by atoms with Gasteiger partial charge in [0.1, 0.15) is 17.3 Å². The van der Waals surface area contributed by atoms with Gasteiger partial charge in [-0.1, -0.05) is 0 Å². The molecule has 0 saturated carbocycles. The van der Waals surface area contributed by atoms with Crippen LogP contribution in [0.2, 0.25) is 0 Å². The quantitative estimate of drug-likeness (QED) is 0.472. The maximum Gasteiger partial charge on any atom is 0.416 e. The Morgan fingerprint density at radius 2 is 1.84 bits per heavy atom. The number of nitrogens with one attached hydrogen (secondary N) is 1. The number of aromatic nitrogens is 1. The van der Waals surface area contributed by atoms with Crippen molar-refractivity contribution < 1.29 is 31.8 Å². The molecule has 0 radical (unpaired) electrons. The summed E-state index contributed by atoms with van der Waals surface area (Å²) in [6.45, 7) is 2.60. The number of halogens is 4. The maximum atomic E-state index is 14.5. The summed E-state index contributed by atoms with van der Waals surface area (Å²) in [4.78, 5) is 6.53. The molecule has 10 heteroatoms. The predicted molar refractivity (Wildman–Crippen MR) is 132 cm³/mol. The van der Waals surface area contributed by atoms with Gasteiger partial charge in [0, 0.05) is 60.8 Å². The Kier molecular flexibility index (Phi) is 6.96. The van der Waals surface area contributed by atoms with Crippen molar-refractivity contribution in [1.82, 2.24) is 10.3 Å². The fourth-order valence-electron chi connectivity index (χ4n) is 5.11. The van der Waals surface area contributed by atoms with Gasteiger partial charge in [-0.3, -0.25) is 4.98 Å². The number of pyridine rings is 1. The van der Waals surface area contributed by atoms with Crippen LogP contribution in [0.1, 0.15) is 12.0 Å². The van der Waals surface area contributed by atoms with Crippen molar-refractivity contribution in [3.05, 3.63) is 60.2 Å². The van der Waals surface area contributed by atoms with Gasteiger partial charge in [-0.2, -0.15) is 13.2 Å². The zero-order valence-corrected chi connectivity index (χ0v) is 20.4. The summed E-state index contributed by atoms with van der Waals surface area (Å²) in [5, 5.41) is 3.49. The third-order valence-electron chi connectivity index (χ3n) is 6.87. The molecule has 2 atom stereocenters. The summed E-state index contributed by atoms with van der Waals surface area (Å²) in [5.41, 5.74) is 2.10. The summed E-state index contributed by atoms with van der Waals surface area (Å²) >= 11 is 0. The van der Waals surface area contributed by atoms with Gasteiger partial charge in [-0.05, 0) is 42.3 Å². The minimum atomic E-state index is -4.51. The molecular formula is C27H27F4N3O3. The van der Waals surface area contributed by atoms with Crippen LogP contribution in [0.3, 0.4) is 0 Å². The van der Waals surface area contributed by atoms with Crippen LogP contribution < -0.4 is 19.7 Å². The molecule has 2 fully saturated rings. The van der Waals surface area contributed by atoms with Crippen LogP contribution in [-0.2, 0) is 10.9 Å². The Hall–Kier alpha value is -3.37. The van der Waals surface area contributed by atoms with Crippen molar-refractivity contribution in [2.45, 2.75) is 24.7 Å². The molecule has 2 aromatic carbocycles. The number of ether oxygens (including phenoxy) is 3. The second-order valence-corrected chi connectivity index (χ2v) is 9.08. The first-order valence-electron chi connectivity index (χ1n) is 12.0. The Bertz CT molecular complexity index is 1280. The predicted octanol–water partition coefficient (Wildman–Crippen LogP) is 5.16. The molecule has 0 aliphatic carbocycles. The van der Waals surface area contributed by atoms with Gasteiger partial charge in [0.05, 0.1) is 38.2 Å². The van der Waals surface area contributed by atoms with Gasteiger partial charge in [0.15, 0.2) is 0 Å². The lowest BCUT2D eigenvalue weighted by Crippen LogP contribution is -2.57. The van der Waals surface area contributed by atoms with Crippen LogP contribution in [0, 0.1) is 5.82 Å². The molecule has 2 aliphatic rings. The number of hydrogen-bond donors (Lipinski definition) is 1. The van der Waals surface area contributed by atoms with Crippen molar-refractivity contribution in [3.8, 4) is 33.8 Å². The molecule has 0 amide bonds. The zero-order valence-electron chi connectivity index (χ0n) is 20.4. The van der Waals surface area contributed by atoms with E-state index >= 15 is 0 Å². The Balaban J connectivity index is 1.69. The standard InChI is InChI=1S/C27H27F4N3O3/c1-35-19-10-16(9-18(28)12-19)21-13-32-14-22(20-4-3-17(27(29,30)31)11-24(20)36-2)26(21)34-7-5-23-25(15-34)37-8-6-33-23/h3-4,9-14,23,25,33H,5-8,15H2,1-2H3/t23-,25?/m1/s1. The number of methoxy groups -OCH3 is 2. The molecule has 2 saturated heterocycles. The first-order chi connectivity index (χ1) is 17.8. The van der Waals surface area contributed by atoms with Crippen LogP contribution in [0.25, 0.3) is 22.3 Å². The molecule has 3 heterocycles. The average molecular weight is 518 g/mol. The summed E-state index contributed by atoms with van der Waals surface area (Å²) in [5.74, 6) is -0.0642. The number of fused-ring (bicyclic) bond motifs is 1. The lowest BCUT2D eigenvalue weighted by atomic mass is 9.93. The molecule has 5 rings (SSSR count). The monoisotopic (exact) mass is 517 g/mol. The maximum absolute atomic E-state index is 14.5. The minimum absolute atomic E-state index is 0.0621. The molecule has 0 spiro atoms. The van der Waals surface area contributed by atoms with E-state index in [-0.39, 0.29) is 17.9 Å². The Morgan fingerprint density at radius 1 is 1.03 bits per heavy atom. The van der Waals surface area contributed by atoms with E-state index in [1.165, 1.54) is 32.4 Å². The number of hydrogen-bond acceptors (Lipinski definition) is 6. The van der Waals surface area contributed by atoms with Crippen molar-refractivity contribution >= 4 is 5.69 Å². The topological polar surface area (TPSA) is 55.9 Å². The number of rotatable bonds is 5. The van der Waals surface area contributed by atoms with Crippen LogP contribution in [-0.4, -0.2) is 57.6 Å². The van der Waals surface area contributed by atoms with Crippen LogP contribution in [0.4, 0.5) is 23.2 Å². The third kappa shape index (κ3) is 5.08. The highest BCUT2D eigenvalue weighted by Crippen LogP contribution is 2.45. The number of anilines is 1. The first kappa shape index (κ1) is 25.3. The van der Waals surface area contributed by atoms with E-state index in [9.17, 15) is 17.6 Å². The molecule has 0 bridgehead atoms. The molecule has 37 heavy (non-hydrogen) atoms. The summed E-state index contributed by atoms with van der Waals surface area (Å²) in [7, 11) is 2.79. The van der Waals surface area contributed by atoms with Crippen molar-refractivity contribution in [2.24, 2.45) is 0 Å². The summed E-state index contributed by atoms with van der Waals surface area (Å²) in [6, 6.07) is 8.01. The van der Waals surface area contributed by atoms with E-state index in [1.807, 2.05) is 0 Å². The fraction of sp³-hybridized carbons (Fsp3) is 0.370. The van der Waals surface area contributed by atoms with Gasteiger partial charge < -0.3 is 24.4 Å². The summed E-state index contributed by atoms with van der Waals surface area (Å²) in [6.07, 6.45) is -0.530. The van der Waals surface area contributed by atoms with Gasteiger partial charge in [0.25, 0.3) is 0 Å². The van der Waals surface area contributed by atoms with E-state index in [1.54, 1.807) is 18.5 Å². The van der Waals surface area contributed by atoms with E-state index in [4.69, 9.17) is 14.2 Å². The van der Waals surface area contributed by atoms with Crippen molar-refractivity contribution in [3.63, 3.8) is 0 Å². The van der Waals surface area contributed by atoms with Crippen molar-refractivity contribution in [1.29, 1.82) is 0 Å². The SMILES string of the molecule is COc1cc(F)cc(-c2cncc(-c3ccc(C(F)(F)F)cc3OC)c2N2CC[C@H]3NCCOC3C2)c1. The smallest absolute Gasteiger partial charge is 0.416 e. The number of morpholine rings is 1. The molecule has 1 aromatic heterocycles. The van der Waals surface area contributed by atoms with Crippen molar-refractivity contribution in [2.75, 3.05) is 45.4 Å². The average Bonchev–Trinajstić information content (AvgIpc) is 2.91. The van der Waals surface area contributed by atoms with Gasteiger partial charge in [-0.15, -0.1) is 0 Å². The van der Waals surface area contributed by atoms with E-state index in [2.05, 4.69) is 15.2 Å². The Labute approximate surface area is 212 Å². The lowest BCUT2D eigenvalue weighted by Gasteiger charge is -2.43. The molecule has 1 N–H and O–H groups in total. The van der Waals surface area contributed by atoms with E-state index in [0.717, 1.165) is 25.1 Å². The highest BCUT2D eigenvalue weighted by Gasteiger charge is 2.35. The van der Waals surface area contributed by atoms with Crippen LogP contribution >= 0.6 is 0 Å². The Morgan fingerprint density at radius 3 is 2.59 bits per heavy atom. The fourth-order valence-corrected chi connectivity index (χ4v) is 5.11. The normalized spacial score (nSPS) is 19.9. The summed E-state index contributed by atoms with van der Waals surface area (Å²) < 4.78 is 71.5.